The third-order valence-electron chi connectivity index (χ3n) is 1.91. The Morgan fingerprint density at radius 1 is 1.33 bits per heavy atom. The smallest absolute Gasteiger partial charge is 0.218 e. The van der Waals surface area contributed by atoms with Crippen LogP contribution in [-0.4, -0.2) is 62.8 Å². The third kappa shape index (κ3) is 1.45. The Balaban J connectivity index is 2.71. The SMILES string of the molecule is OC[C@@]1(O)OC[C@@H](O)[C@@H](O)[C@H]1O. The average Bonchev–Trinajstić information content (AvgIpc) is 2.09. The van der Waals surface area contributed by atoms with Crippen molar-refractivity contribution in [1.82, 2.24) is 0 Å². The van der Waals surface area contributed by atoms with Crippen molar-refractivity contribution in [2.45, 2.75) is 24.1 Å². The zero-order valence-electron chi connectivity index (χ0n) is 6.29. The van der Waals surface area contributed by atoms with Gasteiger partial charge in [0.2, 0.25) is 5.79 Å². The van der Waals surface area contributed by atoms with E-state index in [1.807, 2.05) is 0 Å². The molecule has 0 unspecified atom stereocenters. The molecule has 1 heterocycles. The second-order valence-electron chi connectivity index (χ2n) is 2.82. The molecular weight excluding hydrogens is 168 g/mol. The number of aliphatic hydroxyl groups is 5. The van der Waals surface area contributed by atoms with E-state index in [2.05, 4.69) is 4.74 Å². The zero-order chi connectivity index (χ0) is 9.35. The molecule has 6 nitrogen and oxygen atoms in total. The Morgan fingerprint density at radius 2 is 1.92 bits per heavy atom. The zero-order valence-corrected chi connectivity index (χ0v) is 6.29. The fourth-order valence-electron chi connectivity index (χ4n) is 1.03. The van der Waals surface area contributed by atoms with Crippen LogP contribution in [0.25, 0.3) is 0 Å². The van der Waals surface area contributed by atoms with Crippen molar-refractivity contribution < 1.29 is 30.3 Å². The minimum atomic E-state index is -2.17. The molecule has 72 valence electrons. The molecule has 1 rings (SSSR count). The maximum absolute atomic E-state index is 9.24. The van der Waals surface area contributed by atoms with Crippen molar-refractivity contribution in [2.24, 2.45) is 0 Å². The fourth-order valence-corrected chi connectivity index (χ4v) is 1.03. The van der Waals surface area contributed by atoms with Crippen molar-refractivity contribution in [2.75, 3.05) is 13.2 Å². The molecule has 1 saturated heterocycles. The highest BCUT2D eigenvalue weighted by atomic mass is 16.7. The molecule has 12 heavy (non-hydrogen) atoms. The maximum Gasteiger partial charge on any atom is 0.218 e. The van der Waals surface area contributed by atoms with Gasteiger partial charge in [0.1, 0.15) is 18.3 Å². The Bertz CT molecular complexity index is 162. The van der Waals surface area contributed by atoms with Crippen LogP contribution in [-0.2, 0) is 4.74 Å². The summed E-state index contributed by atoms with van der Waals surface area (Å²) in [6.45, 7) is -1.16. The van der Waals surface area contributed by atoms with E-state index in [1.165, 1.54) is 0 Å². The van der Waals surface area contributed by atoms with E-state index in [0.29, 0.717) is 0 Å². The van der Waals surface area contributed by atoms with Gasteiger partial charge < -0.3 is 30.3 Å². The molecular formula is C6H12O6. The lowest BCUT2D eigenvalue weighted by Crippen LogP contribution is -2.62. The van der Waals surface area contributed by atoms with Gasteiger partial charge in [-0.2, -0.15) is 0 Å². The van der Waals surface area contributed by atoms with E-state index in [0.717, 1.165) is 0 Å². The van der Waals surface area contributed by atoms with Crippen LogP contribution in [0.2, 0.25) is 0 Å². The second kappa shape index (κ2) is 3.25. The molecule has 1 aliphatic heterocycles. The van der Waals surface area contributed by atoms with Crippen LogP contribution in [0.1, 0.15) is 0 Å². The first-order chi connectivity index (χ1) is 5.51. The minimum absolute atomic E-state index is 0.324. The molecule has 0 bridgehead atoms. The van der Waals surface area contributed by atoms with E-state index in [1.54, 1.807) is 0 Å². The lowest BCUT2D eigenvalue weighted by Gasteiger charge is -2.40. The monoisotopic (exact) mass is 180 g/mol. The van der Waals surface area contributed by atoms with Gasteiger partial charge in [-0.15, -0.1) is 0 Å². The summed E-state index contributed by atoms with van der Waals surface area (Å²) in [5.41, 5.74) is 0. The third-order valence-corrected chi connectivity index (χ3v) is 1.91. The van der Waals surface area contributed by atoms with Crippen molar-refractivity contribution in [3.8, 4) is 0 Å². The van der Waals surface area contributed by atoms with Gasteiger partial charge in [0.05, 0.1) is 13.2 Å². The number of rotatable bonds is 1. The Morgan fingerprint density at radius 3 is 2.42 bits per heavy atom. The van der Waals surface area contributed by atoms with Crippen LogP contribution in [0.3, 0.4) is 0 Å². The molecule has 0 radical (unpaired) electrons. The van der Waals surface area contributed by atoms with Gasteiger partial charge in [0.15, 0.2) is 0 Å². The number of ether oxygens (including phenoxy) is 1. The summed E-state index contributed by atoms with van der Waals surface area (Å²) in [5, 5.41) is 45.0. The summed E-state index contributed by atoms with van der Waals surface area (Å²) < 4.78 is 4.56. The normalized spacial score (nSPS) is 49.2. The van der Waals surface area contributed by atoms with Crippen molar-refractivity contribution in [3.05, 3.63) is 0 Å². The van der Waals surface area contributed by atoms with Crippen molar-refractivity contribution in [3.63, 3.8) is 0 Å². The van der Waals surface area contributed by atoms with Gasteiger partial charge in [-0.25, -0.2) is 0 Å². The maximum atomic E-state index is 9.24. The van der Waals surface area contributed by atoms with E-state index in [9.17, 15) is 5.11 Å². The Hall–Kier alpha value is -0.240. The van der Waals surface area contributed by atoms with Gasteiger partial charge in [0, 0.05) is 0 Å². The van der Waals surface area contributed by atoms with Crippen LogP contribution in [0.15, 0.2) is 0 Å². The molecule has 0 aliphatic carbocycles. The summed E-state index contributed by atoms with van der Waals surface area (Å²) in [7, 11) is 0. The Labute approximate surface area is 68.6 Å². The summed E-state index contributed by atoms with van der Waals surface area (Å²) in [6.07, 6.45) is -4.45. The van der Waals surface area contributed by atoms with Gasteiger partial charge in [-0.1, -0.05) is 0 Å². The van der Waals surface area contributed by atoms with Gasteiger partial charge in [0.25, 0.3) is 0 Å². The average molecular weight is 180 g/mol. The quantitative estimate of drug-likeness (QED) is 0.290. The predicted octanol–water partition coefficient (Wildman–Crippen LogP) is -3.22. The number of aliphatic hydroxyl groups excluding tert-OH is 4. The van der Waals surface area contributed by atoms with Gasteiger partial charge in [-0.05, 0) is 0 Å². The molecule has 0 spiro atoms. The van der Waals surface area contributed by atoms with Crippen molar-refractivity contribution in [1.29, 1.82) is 0 Å². The predicted molar refractivity (Wildman–Crippen MR) is 36.0 cm³/mol. The molecule has 0 aromatic heterocycles. The summed E-state index contributed by atoms with van der Waals surface area (Å²) >= 11 is 0. The summed E-state index contributed by atoms with van der Waals surface area (Å²) in [6, 6.07) is 0. The summed E-state index contributed by atoms with van der Waals surface area (Å²) in [4.78, 5) is 0. The highest BCUT2D eigenvalue weighted by Gasteiger charge is 2.47. The number of hydrogen-bond donors (Lipinski definition) is 5. The van der Waals surface area contributed by atoms with E-state index >= 15 is 0 Å². The largest absolute Gasteiger partial charge is 0.391 e. The molecule has 1 fully saturated rings. The first-order valence-corrected chi connectivity index (χ1v) is 3.52. The molecule has 6 heteroatoms. The lowest BCUT2D eigenvalue weighted by atomic mass is 9.98. The molecule has 0 saturated carbocycles. The van der Waals surface area contributed by atoms with E-state index in [-0.39, 0.29) is 6.61 Å². The lowest BCUT2D eigenvalue weighted by molar-refractivity contribution is -0.331. The number of hydrogen-bond acceptors (Lipinski definition) is 6. The standard InChI is InChI=1S/C6H12O6/c7-2-6(11)5(10)4(9)3(8)1-12-6/h3-5,7-11H,1-2H2/t3-,4-,5-,6-/m1/s1. The first-order valence-electron chi connectivity index (χ1n) is 3.52. The van der Waals surface area contributed by atoms with Crippen LogP contribution in [0.5, 0.6) is 0 Å². The van der Waals surface area contributed by atoms with E-state index in [4.69, 9.17) is 20.4 Å². The highest BCUT2D eigenvalue weighted by molar-refractivity contribution is 4.90. The van der Waals surface area contributed by atoms with Crippen LogP contribution in [0.4, 0.5) is 0 Å². The van der Waals surface area contributed by atoms with Crippen LogP contribution < -0.4 is 0 Å². The first kappa shape index (κ1) is 9.85. The second-order valence-corrected chi connectivity index (χ2v) is 2.82. The minimum Gasteiger partial charge on any atom is -0.391 e. The molecule has 0 aromatic carbocycles. The molecule has 0 amide bonds. The summed E-state index contributed by atoms with van der Waals surface area (Å²) in [5.74, 6) is -2.17. The topological polar surface area (TPSA) is 110 Å². The van der Waals surface area contributed by atoms with Gasteiger partial charge in [-0.3, -0.25) is 0 Å². The highest BCUT2D eigenvalue weighted by Crippen LogP contribution is 2.22. The van der Waals surface area contributed by atoms with Crippen LogP contribution >= 0.6 is 0 Å². The fraction of sp³-hybridized carbons (Fsp3) is 1.00. The molecule has 4 atom stereocenters. The van der Waals surface area contributed by atoms with Crippen LogP contribution in [0, 0.1) is 0 Å². The van der Waals surface area contributed by atoms with Gasteiger partial charge >= 0.3 is 0 Å². The molecule has 1 aliphatic rings. The van der Waals surface area contributed by atoms with Crippen molar-refractivity contribution >= 4 is 0 Å². The van der Waals surface area contributed by atoms with E-state index < -0.39 is 30.7 Å². The Kier molecular flexibility index (Phi) is 2.67. The molecule has 0 aromatic rings. The molecule has 5 N–H and O–H groups in total.